The molecule has 0 bridgehead atoms. The molecule has 0 spiro atoms. The Morgan fingerprint density at radius 1 is 1.37 bits per heavy atom. The lowest BCUT2D eigenvalue weighted by atomic mass is 10.00. The fraction of sp³-hybridized carbons (Fsp3) is 1.00. The second-order valence-electron chi connectivity index (χ2n) is 4.96. The maximum atomic E-state index is 12.0. The van der Waals surface area contributed by atoms with Gasteiger partial charge >= 0.3 is 6.18 Å². The van der Waals surface area contributed by atoms with Gasteiger partial charge in [-0.05, 0) is 38.8 Å². The van der Waals surface area contributed by atoms with Gasteiger partial charge in [-0.2, -0.15) is 13.2 Å². The van der Waals surface area contributed by atoms with Gasteiger partial charge in [0.05, 0.1) is 5.75 Å². The smallest absolute Gasteiger partial charge is 0.319 e. The van der Waals surface area contributed by atoms with Crippen LogP contribution in [0.15, 0.2) is 0 Å². The van der Waals surface area contributed by atoms with Crippen molar-refractivity contribution in [1.82, 2.24) is 9.62 Å². The SMILES string of the molecule is CNCC1CCCN(S(=O)(=O)CCCC(F)(F)F)C1. The van der Waals surface area contributed by atoms with E-state index in [0.29, 0.717) is 13.1 Å². The maximum absolute atomic E-state index is 12.0. The summed E-state index contributed by atoms with van der Waals surface area (Å²) in [4.78, 5) is 0. The summed E-state index contributed by atoms with van der Waals surface area (Å²) < 4.78 is 61.3. The zero-order valence-corrected chi connectivity index (χ0v) is 11.9. The summed E-state index contributed by atoms with van der Waals surface area (Å²) in [5.74, 6) is -0.171. The van der Waals surface area contributed by atoms with Gasteiger partial charge in [0.25, 0.3) is 0 Å². The molecule has 0 radical (unpaired) electrons. The van der Waals surface area contributed by atoms with Crippen LogP contribution in [-0.4, -0.2) is 51.3 Å². The van der Waals surface area contributed by atoms with E-state index >= 15 is 0 Å². The monoisotopic (exact) mass is 302 g/mol. The van der Waals surface area contributed by atoms with Crippen molar-refractivity contribution >= 4 is 10.0 Å². The molecule has 0 saturated carbocycles. The molecule has 0 aromatic rings. The normalized spacial score (nSPS) is 22.6. The third-order valence-corrected chi connectivity index (χ3v) is 5.15. The van der Waals surface area contributed by atoms with Crippen LogP contribution in [0.25, 0.3) is 0 Å². The molecule has 1 N–H and O–H groups in total. The van der Waals surface area contributed by atoms with E-state index in [-0.39, 0.29) is 12.3 Å². The molecule has 114 valence electrons. The third-order valence-electron chi connectivity index (χ3n) is 3.23. The fourth-order valence-electron chi connectivity index (χ4n) is 2.32. The average molecular weight is 302 g/mol. The Labute approximate surface area is 112 Å². The van der Waals surface area contributed by atoms with Gasteiger partial charge in [0.2, 0.25) is 10.0 Å². The van der Waals surface area contributed by atoms with Crippen LogP contribution in [0.3, 0.4) is 0 Å². The lowest BCUT2D eigenvalue weighted by Gasteiger charge is -2.31. The van der Waals surface area contributed by atoms with E-state index in [9.17, 15) is 21.6 Å². The van der Waals surface area contributed by atoms with E-state index in [2.05, 4.69) is 5.32 Å². The van der Waals surface area contributed by atoms with Crippen molar-refractivity contribution in [2.45, 2.75) is 31.9 Å². The van der Waals surface area contributed by atoms with E-state index in [1.807, 2.05) is 0 Å². The maximum Gasteiger partial charge on any atom is 0.389 e. The number of alkyl halides is 3. The first-order valence-electron chi connectivity index (χ1n) is 6.44. The van der Waals surface area contributed by atoms with Crippen molar-refractivity contribution in [2.24, 2.45) is 5.92 Å². The molecule has 1 unspecified atom stereocenters. The highest BCUT2D eigenvalue weighted by atomic mass is 32.2. The number of hydrogen-bond donors (Lipinski definition) is 1. The number of piperidine rings is 1. The summed E-state index contributed by atoms with van der Waals surface area (Å²) >= 11 is 0. The zero-order valence-electron chi connectivity index (χ0n) is 11.0. The highest BCUT2D eigenvalue weighted by Crippen LogP contribution is 2.23. The van der Waals surface area contributed by atoms with Gasteiger partial charge < -0.3 is 5.32 Å². The van der Waals surface area contributed by atoms with Crippen LogP contribution >= 0.6 is 0 Å². The van der Waals surface area contributed by atoms with E-state index in [1.54, 1.807) is 7.05 Å². The molecule has 0 aliphatic carbocycles. The van der Waals surface area contributed by atoms with E-state index in [4.69, 9.17) is 0 Å². The van der Waals surface area contributed by atoms with Gasteiger partial charge in [0.15, 0.2) is 0 Å². The zero-order chi connectivity index (χ0) is 14.5. The minimum Gasteiger partial charge on any atom is -0.319 e. The average Bonchev–Trinajstić information content (AvgIpc) is 2.28. The van der Waals surface area contributed by atoms with Crippen LogP contribution in [-0.2, 0) is 10.0 Å². The quantitative estimate of drug-likeness (QED) is 0.810. The molecule has 1 saturated heterocycles. The van der Waals surface area contributed by atoms with Crippen LogP contribution in [0, 0.1) is 5.92 Å². The summed E-state index contributed by atoms with van der Waals surface area (Å²) in [5, 5.41) is 3.00. The van der Waals surface area contributed by atoms with Crippen LogP contribution in [0.4, 0.5) is 13.2 Å². The molecule has 1 aliphatic heterocycles. The Hall–Kier alpha value is -0.340. The summed E-state index contributed by atoms with van der Waals surface area (Å²) in [5.41, 5.74) is 0. The minimum absolute atomic E-state index is 0.246. The lowest BCUT2D eigenvalue weighted by Crippen LogP contribution is -2.43. The van der Waals surface area contributed by atoms with Crippen LogP contribution in [0.5, 0.6) is 0 Å². The number of sulfonamides is 1. The Balaban J connectivity index is 2.47. The third kappa shape index (κ3) is 6.09. The number of nitrogens with zero attached hydrogens (tertiary/aromatic N) is 1. The van der Waals surface area contributed by atoms with Gasteiger partial charge in [0.1, 0.15) is 0 Å². The number of hydrogen-bond acceptors (Lipinski definition) is 3. The summed E-state index contributed by atoms with van der Waals surface area (Å²) in [7, 11) is -1.75. The number of rotatable bonds is 6. The Morgan fingerprint density at radius 3 is 2.63 bits per heavy atom. The number of nitrogens with one attached hydrogen (secondary N) is 1. The van der Waals surface area contributed by atoms with Gasteiger partial charge in [-0.1, -0.05) is 0 Å². The molecule has 19 heavy (non-hydrogen) atoms. The van der Waals surface area contributed by atoms with Gasteiger partial charge in [0, 0.05) is 19.5 Å². The molecule has 4 nitrogen and oxygen atoms in total. The molecular weight excluding hydrogens is 281 g/mol. The largest absolute Gasteiger partial charge is 0.389 e. The summed E-state index contributed by atoms with van der Waals surface area (Å²) in [6, 6.07) is 0. The Kier molecular flexibility index (Phi) is 6.07. The Morgan fingerprint density at radius 2 is 2.05 bits per heavy atom. The standard InChI is InChI=1S/C11H21F3N2O2S/c1-15-8-10-4-2-6-16(9-10)19(17,18)7-3-5-11(12,13)14/h10,15H,2-9H2,1H3. The first-order valence-corrected chi connectivity index (χ1v) is 8.05. The molecule has 1 heterocycles. The molecule has 0 aromatic carbocycles. The first kappa shape index (κ1) is 16.7. The Bertz CT molecular complexity index is 369. The fourth-order valence-corrected chi connectivity index (χ4v) is 3.93. The molecular formula is C11H21F3N2O2S. The summed E-state index contributed by atoms with van der Waals surface area (Å²) in [6.07, 6.45) is -3.97. The van der Waals surface area contributed by atoms with Gasteiger partial charge in [-0.3, -0.25) is 0 Å². The van der Waals surface area contributed by atoms with Gasteiger partial charge in [-0.25, -0.2) is 12.7 Å². The second kappa shape index (κ2) is 6.90. The van der Waals surface area contributed by atoms with Crippen molar-refractivity contribution in [3.05, 3.63) is 0 Å². The van der Waals surface area contributed by atoms with E-state index in [1.165, 1.54) is 4.31 Å². The lowest BCUT2D eigenvalue weighted by molar-refractivity contribution is -0.134. The van der Waals surface area contributed by atoms with Crippen molar-refractivity contribution in [1.29, 1.82) is 0 Å². The topological polar surface area (TPSA) is 49.4 Å². The highest BCUT2D eigenvalue weighted by Gasteiger charge is 2.31. The molecule has 8 heteroatoms. The molecule has 1 rings (SSSR count). The van der Waals surface area contributed by atoms with Crippen LogP contribution in [0.1, 0.15) is 25.7 Å². The van der Waals surface area contributed by atoms with Crippen molar-refractivity contribution in [2.75, 3.05) is 32.4 Å². The number of halogens is 3. The van der Waals surface area contributed by atoms with Crippen molar-refractivity contribution < 1.29 is 21.6 Å². The van der Waals surface area contributed by atoms with Crippen LogP contribution < -0.4 is 5.32 Å². The highest BCUT2D eigenvalue weighted by molar-refractivity contribution is 7.89. The predicted molar refractivity (Wildman–Crippen MR) is 67.3 cm³/mol. The molecule has 1 atom stereocenters. The first-order chi connectivity index (χ1) is 8.74. The van der Waals surface area contributed by atoms with Gasteiger partial charge in [-0.15, -0.1) is 0 Å². The van der Waals surface area contributed by atoms with Crippen LogP contribution in [0.2, 0.25) is 0 Å². The van der Waals surface area contributed by atoms with Crippen molar-refractivity contribution in [3.63, 3.8) is 0 Å². The minimum atomic E-state index is -4.29. The van der Waals surface area contributed by atoms with E-state index in [0.717, 1.165) is 19.4 Å². The second-order valence-corrected chi connectivity index (χ2v) is 7.05. The molecule has 0 aromatic heterocycles. The molecule has 0 amide bonds. The predicted octanol–water partition coefficient (Wildman–Crippen LogP) is 1.59. The van der Waals surface area contributed by atoms with E-state index < -0.39 is 28.4 Å². The summed E-state index contributed by atoms with van der Waals surface area (Å²) in [6.45, 7) is 1.57. The molecule has 1 fully saturated rings. The molecule has 1 aliphatic rings. The van der Waals surface area contributed by atoms with Crippen molar-refractivity contribution in [3.8, 4) is 0 Å².